The van der Waals surface area contributed by atoms with Crippen LogP contribution in [0.1, 0.15) is 30.0 Å². The number of anilines is 1. The lowest BCUT2D eigenvalue weighted by Crippen LogP contribution is -2.35. The molecule has 3 rings (SSSR count). The van der Waals surface area contributed by atoms with Crippen molar-refractivity contribution in [2.24, 2.45) is 5.73 Å². The highest BCUT2D eigenvalue weighted by Gasteiger charge is 2.28. The third-order valence-corrected chi connectivity index (χ3v) is 4.24. The van der Waals surface area contributed by atoms with E-state index >= 15 is 0 Å². The fraction of sp³-hybridized carbons (Fsp3) is 0.412. The molecule has 0 bridgehead atoms. The molecule has 1 aliphatic carbocycles. The second kappa shape index (κ2) is 6.32. The smallest absolute Gasteiger partial charge is 0.132 e. The number of methoxy groups -OCH3 is 1. The van der Waals surface area contributed by atoms with Crippen LogP contribution in [0.25, 0.3) is 0 Å². The van der Waals surface area contributed by atoms with Crippen LogP contribution in [0.15, 0.2) is 36.7 Å². The Bertz CT molecular complexity index is 623. The van der Waals surface area contributed by atoms with E-state index < -0.39 is 0 Å². The Morgan fingerprint density at radius 1 is 1.23 bits per heavy atom. The second-order valence-electron chi connectivity index (χ2n) is 5.93. The molecule has 1 heterocycles. The van der Waals surface area contributed by atoms with Crippen LogP contribution in [0.3, 0.4) is 0 Å². The topological polar surface area (TPSA) is 64.3 Å². The molecule has 116 valence electrons. The monoisotopic (exact) mass is 298 g/mol. The quantitative estimate of drug-likeness (QED) is 0.918. The number of hydrogen-bond donors (Lipinski definition) is 1. The largest absolute Gasteiger partial charge is 0.497 e. The van der Waals surface area contributed by atoms with Crippen LogP contribution in [0.4, 0.5) is 5.82 Å². The van der Waals surface area contributed by atoms with E-state index in [1.165, 1.54) is 5.56 Å². The zero-order valence-corrected chi connectivity index (χ0v) is 13.1. The zero-order chi connectivity index (χ0) is 15.5. The number of rotatable bonds is 5. The van der Waals surface area contributed by atoms with E-state index in [1.54, 1.807) is 13.4 Å². The SMILES string of the molecule is COc1ccc(CN(C)c2cc(C3CC(N)C3)ncn2)cc1. The van der Waals surface area contributed by atoms with Gasteiger partial charge in [0, 0.05) is 37.3 Å². The normalized spacial score (nSPS) is 20.3. The summed E-state index contributed by atoms with van der Waals surface area (Å²) in [6, 6.07) is 10.5. The van der Waals surface area contributed by atoms with Crippen molar-refractivity contribution in [3.63, 3.8) is 0 Å². The number of aromatic nitrogens is 2. The minimum Gasteiger partial charge on any atom is -0.497 e. The Morgan fingerprint density at radius 2 is 1.95 bits per heavy atom. The summed E-state index contributed by atoms with van der Waals surface area (Å²) >= 11 is 0. The van der Waals surface area contributed by atoms with Gasteiger partial charge in [0.1, 0.15) is 17.9 Å². The maximum atomic E-state index is 5.87. The van der Waals surface area contributed by atoms with Gasteiger partial charge in [0.05, 0.1) is 7.11 Å². The lowest BCUT2D eigenvalue weighted by molar-refractivity contribution is 0.345. The molecular formula is C17H22N4O. The summed E-state index contributed by atoms with van der Waals surface area (Å²) in [6.07, 6.45) is 3.70. The molecule has 5 heteroatoms. The molecular weight excluding hydrogens is 276 g/mol. The van der Waals surface area contributed by atoms with E-state index in [1.807, 2.05) is 19.2 Å². The maximum absolute atomic E-state index is 5.87. The van der Waals surface area contributed by atoms with Crippen molar-refractivity contribution in [3.8, 4) is 5.75 Å². The molecule has 0 aliphatic heterocycles. The predicted molar refractivity (Wildman–Crippen MR) is 87.1 cm³/mol. The molecule has 2 N–H and O–H groups in total. The first-order chi connectivity index (χ1) is 10.7. The lowest BCUT2D eigenvalue weighted by Gasteiger charge is -2.32. The van der Waals surface area contributed by atoms with Crippen LogP contribution in [0, 0.1) is 0 Å². The van der Waals surface area contributed by atoms with Crippen LogP contribution in [-0.4, -0.2) is 30.2 Å². The third kappa shape index (κ3) is 3.20. The first-order valence-corrected chi connectivity index (χ1v) is 7.57. The van der Waals surface area contributed by atoms with Crippen molar-refractivity contribution in [2.45, 2.75) is 31.3 Å². The van der Waals surface area contributed by atoms with Crippen LogP contribution in [0.5, 0.6) is 5.75 Å². The van der Waals surface area contributed by atoms with Crippen molar-refractivity contribution in [1.82, 2.24) is 9.97 Å². The van der Waals surface area contributed by atoms with E-state index in [0.29, 0.717) is 12.0 Å². The molecule has 5 nitrogen and oxygen atoms in total. The van der Waals surface area contributed by atoms with Crippen LogP contribution in [0.2, 0.25) is 0 Å². The Kier molecular flexibility index (Phi) is 4.24. The minimum atomic E-state index is 0.334. The van der Waals surface area contributed by atoms with Crippen molar-refractivity contribution in [2.75, 3.05) is 19.1 Å². The van der Waals surface area contributed by atoms with Gasteiger partial charge in [-0.05, 0) is 30.5 Å². The molecule has 0 radical (unpaired) electrons. The Labute approximate surface area is 131 Å². The van der Waals surface area contributed by atoms with E-state index in [0.717, 1.165) is 36.6 Å². The minimum absolute atomic E-state index is 0.334. The third-order valence-electron chi connectivity index (χ3n) is 4.24. The van der Waals surface area contributed by atoms with Crippen LogP contribution in [-0.2, 0) is 6.54 Å². The average molecular weight is 298 g/mol. The van der Waals surface area contributed by atoms with Crippen molar-refractivity contribution < 1.29 is 4.74 Å². The molecule has 0 atom stereocenters. The number of benzene rings is 1. The number of nitrogens with two attached hydrogens (primary N) is 1. The Balaban J connectivity index is 1.68. The molecule has 0 amide bonds. The molecule has 0 saturated heterocycles. The zero-order valence-electron chi connectivity index (χ0n) is 13.1. The van der Waals surface area contributed by atoms with Gasteiger partial charge in [-0.15, -0.1) is 0 Å². The van der Waals surface area contributed by atoms with Gasteiger partial charge in [-0.2, -0.15) is 0 Å². The van der Waals surface area contributed by atoms with E-state index in [9.17, 15) is 0 Å². The predicted octanol–water partition coefficient (Wildman–Crippen LogP) is 2.33. The summed E-state index contributed by atoms with van der Waals surface area (Å²) in [6.45, 7) is 0.796. The molecule has 1 aliphatic rings. The van der Waals surface area contributed by atoms with Gasteiger partial charge in [0.25, 0.3) is 0 Å². The summed E-state index contributed by atoms with van der Waals surface area (Å²) < 4.78 is 5.18. The van der Waals surface area contributed by atoms with Gasteiger partial charge >= 0.3 is 0 Å². The number of nitrogens with zero attached hydrogens (tertiary/aromatic N) is 3. The first-order valence-electron chi connectivity index (χ1n) is 7.57. The van der Waals surface area contributed by atoms with Gasteiger partial charge in [0.15, 0.2) is 0 Å². The fourth-order valence-corrected chi connectivity index (χ4v) is 2.78. The Morgan fingerprint density at radius 3 is 2.59 bits per heavy atom. The van der Waals surface area contributed by atoms with Gasteiger partial charge in [-0.3, -0.25) is 0 Å². The molecule has 2 aromatic rings. The highest BCUT2D eigenvalue weighted by atomic mass is 16.5. The van der Waals surface area contributed by atoms with Crippen molar-refractivity contribution in [3.05, 3.63) is 47.9 Å². The van der Waals surface area contributed by atoms with Crippen LogP contribution < -0.4 is 15.4 Å². The second-order valence-corrected chi connectivity index (χ2v) is 5.93. The van der Waals surface area contributed by atoms with Gasteiger partial charge in [0.2, 0.25) is 0 Å². The number of ether oxygens (including phenoxy) is 1. The summed E-state index contributed by atoms with van der Waals surface area (Å²) in [4.78, 5) is 10.9. The standard InChI is InChI=1S/C17H22N4O/c1-21(10-12-3-5-15(22-2)6-4-12)17-9-16(19-11-20-17)13-7-14(18)8-13/h3-6,9,11,13-14H,7-8,10,18H2,1-2H3. The molecule has 0 unspecified atom stereocenters. The highest BCUT2D eigenvalue weighted by Crippen LogP contribution is 2.35. The summed E-state index contributed by atoms with van der Waals surface area (Å²) in [5, 5.41) is 0. The summed E-state index contributed by atoms with van der Waals surface area (Å²) in [7, 11) is 3.72. The first kappa shape index (κ1) is 14.8. The lowest BCUT2D eigenvalue weighted by atomic mass is 9.78. The number of hydrogen-bond acceptors (Lipinski definition) is 5. The van der Waals surface area contributed by atoms with Crippen molar-refractivity contribution in [1.29, 1.82) is 0 Å². The Hall–Kier alpha value is -2.14. The fourth-order valence-electron chi connectivity index (χ4n) is 2.78. The highest BCUT2D eigenvalue weighted by molar-refractivity contribution is 5.41. The molecule has 1 fully saturated rings. The molecule has 1 aromatic carbocycles. The summed E-state index contributed by atoms with van der Waals surface area (Å²) in [5.41, 5.74) is 8.19. The van der Waals surface area contributed by atoms with Gasteiger partial charge < -0.3 is 15.4 Å². The van der Waals surface area contributed by atoms with E-state index in [2.05, 4.69) is 33.1 Å². The maximum Gasteiger partial charge on any atom is 0.132 e. The van der Waals surface area contributed by atoms with Gasteiger partial charge in [-0.1, -0.05) is 12.1 Å². The molecule has 0 spiro atoms. The summed E-state index contributed by atoms with van der Waals surface area (Å²) in [5.74, 6) is 2.31. The van der Waals surface area contributed by atoms with Gasteiger partial charge in [-0.25, -0.2) is 9.97 Å². The average Bonchev–Trinajstić information content (AvgIpc) is 2.52. The van der Waals surface area contributed by atoms with E-state index in [4.69, 9.17) is 10.5 Å². The molecule has 1 aromatic heterocycles. The van der Waals surface area contributed by atoms with E-state index in [-0.39, 0.29) is 0 Å². The molecule has 1 saturated carbocycles. The van der Waals surface area contributed by atoms with Crippen molar-refractivity contribution >= 4 is 5.82 Å². The van der Waals surface area contributed by atoms with Crippen LogP contribution >= 0.6 is 0 Å². The molecule has 22 heavy (non-hydrogen) atoms.